The fourth-order valence-electron chi connectivity index (χ4n) is 1.86. The van der Waals surface area contributed by atoms with Crippen molar-refractivity contribution in [2.24, 2.45) is 0 Å². The van der Waals surface area contributed by atoms with Gasteiger partial charge >= 0.3 is 5.97 Å². The number of halogens is 1. The van der Waals surface area contributed by atoms with Gasteiger partial charge in [-0.2, -0.15) is 0 Å². The molecule has 0 aliphatic rings. The number of aryl methyl sites for hydroxylation is 1. The topological polar surface area (TPSA) is 52.3 Å². The summed E-state index contributed by atoms with van der Waals surface area (Å²) in [5.41, 5.74) is 8.42. The van der Waals surface area contributed by atoms with E-state index in [1.165, 1.54) is 0 Å². The second-order valence-electron chi connectivity index (χ2n) is 4.54. The van der Waals surface area contributed by atoms with Crippen LogP contribution in [0.2, 0.25) is 0 Å². The number of rotatable bonds is 5. The van der Waals surface area contributed by atoms with Crippen LogP contribution in [-0.4, -0.2) is 5.97 Å². The number of benzene rings is 2. The molecule has 0 bridgehead atoms. The first-order valence-corrected chi connectivity index (χ1v) is 7.17. The van der Waals surface area contributed by atoms with E-state index in [-0.39, 0.29) is 5.97 Å². The smallest absolute Gasteiger partial charge is 0.306 e. The van der Waals surface area contributed by atoms with Crippen molar-refractivity contribution in [3.05, 3.63) is 64.1 Å². The highest BCUT2D eigenvalue weighted by Gasteiger charge is 2.05. The molecule has 0 saturated carbocycles. The molecule has 0 aliphatic heterocycles. The van der Waals surface area contributed by atoms with E-state index in [0.717, 1.165) is 15.6 Å². The lowest BCUT2D eigenvalue weighted by atomic mass is 10.1. The molecule has 0 aromatic heterocycles. The number of hydrogen-bond acceptors (Lipinski definition) is 3. The molecule has 0 aliphatic carbocycles. The second kappa shape index (κ2) is 7.10. The van der Waals surface area contributed by atoms with E-state index >= 15 is 0 Å². The average Bonchev–Trinajstić information content (AvgIpc) is 2.43. The van der Waals surface area contributed by atoms with Gasteiger partial charge in [0.15, 0.2) is 0 Å². The maximum atomic E-state index is 11.7. The third kappa shape index (κ3) is 4.70. The average molecular weight is 334 g/mol. The Morgan fingerprint density at radius 1 is 1.10 bits per heavy atom. The van der Waals surface area contributed by atoms with E-state index in [9.17, 15) is 4.79 Å². The van der Waals surface area contributed by atoms with Crippen molar-refractivity contribution in [1.29, 1.82) is 0 Å². The summed E-state index contributed by atoms with van der Waals surface area (Å²) < 4.78 is 6.22. The second-order valence-corrected chi connectivity index (χ2v) is 5.45. The fourth-order valence-corrected chi connectivity index (χ4v) is 2.30. The number of carbonyl (C=O) groups excluding carboxylic acids is 1. The summed E-state index contributed by atoms with van der Waals surface area (Å²) in [6.45, 7) is 0.301. The Morgan fingerprint density at radius 2 is 1.85 bits per heavy atom. The predicted molar refractivity (Wildman–Crippen MR) is 83.1 cm³/mol. The van der Waals surface area contributed by atoms with Gasteiger partial charge in [-0.3, -0.25) is 4.79 Å². The maximum absolute atomic E-state index is 11.7. The molecule has 0 fully saturated rings. The lowest BCUT2D eigenvalue weighted by Gasteiger charge is -2.06. The van der Waals surface area contributed by atoms with Crippen LogP contribution in [0.4, 0.5) is 5.69 Å². The first-order valence-electron chi connectivity index (χ1n) is 6.38. The molecule has 2 aromatic carbocycles. The minimum Gasteiger partial charge on any atom is -0.461 e. The molecule has 2 N–H and O–H groups in total. The molecule has 2 aromatic rings. The Labute approximate surface area is 126 Å². The van der Waals surface area contributed by atoms with E-state index in [2.05, 4.69) is 15.9 Å². The summed E-state index contributed by atoms with van der Waals surface area (Å²) in [4.78, 5) is 11.7. The monoisotopic (exact) mass is 333 g/mol. The minimum absolute atomic E-state index is 0.201. The Balaban J connectivity index is 1.78. The number of anilines is 1. The van der Waals surface area contributed by atoms with Crippen molar-refractivity contribution in [3.63, 3.8) is 0 Å². The van der Waals surface area contributed by atoms with Crippen molar-refractivity contribution < 1.29 is 9.53 Å². The molecule has 0 unspecified atom stereocenters. The number of nitrogens with two attached hydrogens (primary N) is 1. The lowest BCUT2D eigenvalue weighted by Crippen LogP contribution is -2.06. The number of hydrogen-bond donors (Lipinski definition) is 1. The Kier molecular flexibility index (Phi) is 5.18. The van der Waals surface area contributed by atoms with Crippen LogP contribution >= 0.6 is 15.9 Å². The first kappa shape index (κ1) is 14.6. The van der Waals surface area contributed by atoms with Crippen molar-refractivity contribution in [2.75, 3.05) is 5.73 Å². The van der Waals surface area contributed by atoms with Gasteiger partial charge in [0.05, 0.1) is 0 Å². The van der Waals surface area contributed by atoms with E-state index < -0.39 is 0 Å². The number of carbonyl (C=O) groups is 1. The van der Waals surface area contributed by atoms with Crippen molar-refractivity contribution >= 4 is 27.6 Å². The highest BCUT2D eigenvalue weighted by atomic mass is 79.9. The molecule has 0 spiro atoms. The molecule has 2 rings (SSSR count). The zero-order chi connectivity index (χ0) is 14.4. The van der Waals surface area contributed by atoms with Crippen LogP contribution in [0.5, 0.6) is 0 Å². The normalized spacial score (nSPS) is 10.2. The third-order valence-electron chi connectivity index (χ3n) is 2.86. The molecule has 0 atom stereocenters. The molecule has 0 amide bonds. The highest BCUT2D eigenvalue weighted by Crippen LogP contribution is 2.13. The van der Waals surface area contributed by atoms with Crippen molar-refractivity contribution in [3.8, 4) is 0 Å². The molecular formula is C16H16BrNO2. The van der Waals surface area contributed by atoms with E-state index in [1.807, 2.05) is 48.5 Å². The van der Waals surface area contributed by atoms with E-state index in [4.69, 9.17) is 10.5 Å². The summed E-state index contributed by atoms with van der Waals surface area (Å²) in [5, 5.41) is 0. The van der Waals surface area contributed by atoms with Gasteiger partial charge < -0.3 is 10.5 Å². The van der Waals surface area contributed by atoms with Gasteiger partial charge in [0.1, 0.15) is 6.61 Å². The quantitative estimate of drug-likeness (QED) is 0.670. The van der Waals surface area contributed by atoms with Gasteiger partial charge in [-0.15, -0.1) is 0 Å². The standard InChI is InChI=1S/C16H16BrNO2/c17-14-5-1-4-13(9-14)11-20-16(19)8-7-12-3-2-6-15(18)10-12/h1-6,9-10H,7-8,11,18H2. The minimum atomic E-state index is -0.201. The number of ether oxygens (including phenoxy) is 1. The molecule has 0 saturated heterocycles. The van der Waals surface area contributed by atoms with Crippen LogP contribution in [0.1, 0.15) is 17.5 Å². The summed E-state index contributed by atoms with van der Waals surface area (Å²) >= 11 is 3.38. The Hall–Kier alpha value is -1.81. The highest BCUT2D eigenvalue weighted by molar-refractivity contribution is 9.10. The summed E-state index contributed by atoms with van der Waals surface area (Å²) in [6, 6.07) is 15.3. The lowest BCUT2D eigenvalue weighted by molar-refractivity contribution is -0.144. The van der Waals surface area contributed by atoms with Gasteiger partial charge in [0, 0.05) is 16.6 Å². The van der Waals surface area contributed by atoms with Gasteiger partial charge in [0.2, 0.25) is 0 Å². The molecule has 104 valence electrons. The Morgan fingerprint density at radius 3 is 2.60 bits per heavy atom. The largest absolute Gasteiger partial charge is 0.461 e. The zero-order valence-electron chi connectivity index (χ0n) is 11.0. The summed E-state index contributed by atoms with van der Waals surface area (Å²) in [7, 11) is 0. The number of esters is 1. The number of nitrogen functional groups attached to an aromatic ring is 1. The van der Waals surface area contributed by atoms with Crippen LogP contribution in [0.25, 0.3) is 0 Å². The first-order chi connectivity index (χ1) is 9.63. The van der Waals surface area contributed by atoms with Gasteiger partial charge in [0.25, 0.3) is 0 Å². The van der Waals surface area contributed by atoms with Crippen LogP contribution in [0.15, 0.2) is 53.0 Å². The fraction of sp³-hybridized carbons (Fsp3) is 0.188. The van der Waals surface area contributed by atoms with Crippen LogP contribution < -0.4 is 5.73 Å². The van der Waals surface area contributed by atoms with E-state index in [1.54, 1.807) is 0 Å². The van der Waals surface area contributed by atoms with Crippen LogP contribution in [-0.2, 0) is 22.6 Å². The maximum Gasteiger partial charge on any atom is 0.306 e. The summed E-state index contributed by atoms with van der Waals surface area (Å²) in [6.07, 6.45) is 1.000. The van der Waals surface area contributed by atoms with Gasteiger partial charge in [-0.1, -0.05) is 40.2 Å². The molecule has 20 heavy (non-hydrogen) atoms. The third-order valence-corrected chi connectivity index (χ3v) is 3.35. The molecule has 4 heteroatoms. The van der Waals surface area contributed by atoms with Gasteiger partial charge in [-0.25, -0.2) is 0 Å². The molecular weight excluding hydrogens is 318 g/mol. The SMILES string of the molecule is Nc1cccc(CCC(=O)OCc2cccc(Br)c2)c1. The van der Waals surface area contributed by atoms with Gasteiger partial charge in [-0.05, 0) is 41.8 Å². The van der Waals surface area contributed by atoms with Crippen molar-refractivity contribution in [2.45, 2.75) is 19.4 Å². The van der Waals surface area contributed by atoms with E-state index in [0.29, 0.717) is 25.1 Å². The molecule has 3 nitrogen and oxygen atoms in total. The Bertz CT molecular complexity index is 547. The van der Waals surface area contributed by atoms with Crippen LogP contribution in [0.3, 0.4) is 0 Å². The zero-order valence-corrected chi connectivity index (χ0v) is 12.6. The molecule has 0 heterocycles. The predicted octanol–water partition coefficient (Wildman–Crippen LogP) is 3.71. The summed E-state index contributed by atoms with van der Waals surface area (Å²) in [5.74, 6) is -0.201. The van der Waals surface area contributed by atoms with Crippen molar-refractivity contribution in [1.82, 2.24) is 0 Å². The molecule has 0 radical (unpaired) electrons. The van der Waals surface area contributed by atoms with Crippen LogP contribution in [0, 0.1) is 0 Å².